The summed E-state index contributed by atoms with van der Waals surface area (Å²) in [5, 5.41) is 14.9. The zero-order valence-corrected chi connectivity index (χ0v) is 18.1. The number of H-pyrrole nitrogens is 1. The SMILES string of the molecule is Nc1cc(C(CCNC2CCC(c3ccncc3)CC2)c2ccccc2)c2nn[nH]c2n1. The van der Waals surface area contributed by atoms with E-state index in [0.29, 0.717) is 23.4 Å². The molecule has 4 N–H and O–H groups in total. The summed E-state index contributed by atoms with van der Waals surface area (Å²) in [6.07, 6.45) is 9.63. The lowest BCUT2D eigenvalue weighted by atomic mass is 9.82. The number of hydrogen-bond acceptors (Lipinski definition) is 6. The highest BCUT2D eigenvalue weighted by atomic mass is 15.3. The van der Waals surface area contributed by atoms with Crippen LogP contribution in [0.3, 0.4) is 0 Å². The first-order valence-electron chi connectivity index (χ1n) is 11.4. The normalized spacial score (nSPS) is 19.8. The summed E-state index contributed by atoms with van der Waals surface area (Å²) >= 11 is 0. The zero-order chi connectivity index (χ0) is 21.8. The highest BCUT2D eigenvalue weighted by molar-refractivity contribution is 5.77. The molecule has 1 unspecified atom stereocenters. The van der Waals surface area contributed by atoms with Gasteiger partial charge in [0, 0.05) is 24.4 Å². The zero-order valence-electron chi connectivity index (χ0n) is 18.1. The molecule has 1 aliphatic carbocycles. The molecule has 1 fully saturated rings. The summed E-state index contributed by atoms with van der Waals surface area (Å²) < 4.78 is 0. The number of pyridine rings is 2. The number of anilines is 1. The average Bonchev–Trinajstić information content (AvgIpc) is 3.31. The van der Waals surface area contributed by atoms with E-state index >= 15 is 0 Å². The third-order valence-electron chi connectivity index (χ3n) is 6.70. The second-order valence-electron chi connectivity index (χ2n) is 8.68. The molecule has 0 amide bonds. The minimum atomic E-state index is 0.176. The summed E-state index contributed by atoms with van der Waals surface area (Å²) in [7, 11) is 0. The van der Waals surface area contributed by atoms with Gasteiger partial charge >= 0.3 is 0 Å². The van der Waals surface area contributed by atoms with Crippen LogP contribution in [0.5, 0.6) is 0 Å². The number of nitrogen functional groups attached to an aromatic ring is 1. The van der Waals surface area contributed by atoms with Crippen LogP contribution in [0.25, 0.3) is 11.2 Å². The van der Waals surface area contributed by atoms with Crippen LogP contribution in [0.15, 0.2) is 60.9 Å². The summed E-state index contributed by atoms with van der Waals surface area (Å²) in [6.45, 7) is 0.936. The summed E-state index contributed by atoms with van der Waals surface area (Å²) in [5.41, 5.74) is 11.3. The maximum absolute atomic E-state index is 6.10. The van der Waals surface area contributed by atoms with E-state index in [0.717, 1.165) is 24.0 Å². The third kappa shape index (κ3) is 4.48. The van der Waals surface area contributed by atoms with E-state index in [1.54, 1.807) is 0 Å². The first kappa shape index (κ1) is 20.6. The van der Waals surface area contributed by atoms with Gasteiger partial charge in [-0.1, -0.05) is 35.5 Å². The lowest BCUT2D eigenvalue weighted by Crippen LogP contribution is -2.34. The van der Waals surface area contributed by atoms with E-state index in [9.17, 15) is 0 Å². The molecule has 0 saturated heterocycles. The number of nitrogens with zero attached hydrogens (tertiary/aromatic N) is 4. The molecular weight excluding hydrogens is 398 g/mol. The fourth-order valence-corrected chi connectivity index (χ4v) is 5.04. The van der Waals surface area contributed by atoms with Crippen molar-refractivity contribution in [2.75, 3.05) is 12.3 Å². The van der Waals surface area contributed by atoms with Gasteiger partial charge in [-0.15, -0.1) is 5.10 Å². The number of benzene rings is 1. The summed E-state index contributed by atoms with van der Waals surface area (Å²) in [4.78, 5) is 8.48. The van der Waals surface area contributed by atoms with Gasteiger partial charge < -0.3 is 11.1 Å². The molecule has 1 aliphatic rings. The molecule has 3 heterocycles. The second-order valence-corrected chi connectivity index (χ2v) is 8.68. The number of aromatic amines is 1. The lowest BCUT2D eigenvalue weighted by Gasteiger charge is -2.30. The van der Waals surface area contributed by atoms with Crippen LogP contribution in [0.2, 0.25) is 0 Å². The first-order valence-corrected chi connectivity index (χ1v) is 11.4. The maximum Gasteiger partial charge on any atom is 0.178 e. The molecule has 7 nitrogen and oxygen atoms in total. The van der Waals surface area contributed by atoms with Gasteiger partial charge in [0.05, 0.1) is 0 Å². The van der Waals surface area contributed by atoms with E-state index in [1.165, 1.54) is 36.8 Å². The minimum Gasteiger partial charge on any atom is -0.384 e. The Morgan fingerprint density at radius 2 is 1.81 bits per heavy atom. The van der Waals surface area contributed by atoms with Crippen LogP contribution in [-0.4, -0.2) is 38.0 Å². The van der Waals surface area contributed by atoms with Crippen molar-refractivity contribution in [3.05, 3.63) is 77.6 Å². The number of rotatable bonds is 7. The molecule has 1 atom stereocenters. The van der Waals surface area contributed by atoms with Gasteiger partial charge in [0.15, 0.2) is 5.65 Å². The molecule has 32 heavy (non-hydrogen) atoms. The van der Waals surface area contributed by atoms with Gasteiger partial charge in [-0.05, 0) is 79.5 Å². The fourth-order valence-electron chi connectivity index (χ4n) is 5.04. The van der Waals surface area contributed by atoms with E-state index in [4.69, 9.17) is 5.73 Å². The molecule has 0 radical (unpaired) electrons. The van der Waals surface area contributed by atoms with Crippen molar-refractivity contribution in [2.45, 2.75) is 50.0 Å². The molecule has 4 aromatic rings. The Morgan fingerprint density at radius 3 is 2.59 bits per heavy atom. The first-order chi connectivity index (χ1) is 15.8. The standard InChI is InChI=1S/C25H29N7/c26-23-16-22(24-25(29-23)31-32-30-24)21(19-4-2-1-3-5-19)12-15-28-20-8-6-17(7-9-20)18-10-13-27-14-11-18/h1-5,10-11,13-14,16-17,20-21,28H,6-9,12,15H2,(H3,26,29,30,31,32). The fraction of sp³-hybridized carbons (Fsp3) is 0.360. The van der Waals surface area contributed by atoms with E-state index in [1.807, 2.05) is 24.5 Å². The number of aromatic nitrogens is 5. The Hall–Kier alpha value is -3.32. The van der Waals surface area contributed by atoms with Gasteiger partial charge in [0.2, 0.25) is 0 Å². The quantitative estimate of drug-likeness (QED) is 0.409. The van der Waals surface area contributed by atoms with Crippen LogP contribution in [0, 0.1) is 0 Å². The molecule has 3 aromatic heterocycles. The monoisotopic (exact) mass is 427 g/mol. The maximum atomic E-state index is 6.10. The largest absolute Gasteiger partial charge is 0.384 e. The highest BCUT2D eigenvalue weighted by Crippen LogP contribution is 2.34. The molecule has 164 valence electrons. The molecule has 0 bridgehead atoms. The number of hydrogen-bond donors (Lipinski definition) is 3. The molecule has 1 saturated carbocycles. The predicted molar refractivity (Wildman–Crippen MR) is 126 cm³/mol. The van der Waals surface area contributed by atoms with Crippen molar-refractivity contribution >= 4 is 17.0 Å². The number of nitrogens with two attached hydrogens (primary N) is 1. The Morgan fingerprint density at radius 1 is 1.03 bits per heavy atom. The van der Waals surface area contributed by atoms with Crippen molar-refractivity contribution in [3.8, 4) is 0 Å². The topological polar surface area (TPSA) is 105 Å². The van der Waals surface area contributed by atoms with Crippen LogP contribution >= 0.6 is 0 Å². The van der Waals surface area contributed by atoms with Crippen LogP contribution in [0.4, 0.5) is 5.82 Å². The van der Waals surface area contributed by atoms with Crippen molar-refractivity contribution in [1.29, 1.82) is 0 Å². The van der Waals surface area contributed by atoms with Gasteiger partial charge in [-0.3, -0.25) is 4.98 Å². The minimum absolute atomic E-state index is 0.176. The van der Waals surface area contributed by atoms with Gasteiger partial charge in [-0.2, -0.15) is 0 Å². The van der Waals surface area contributed by atoms with Crippen molar-refractivity contribution in [3.63, 3.8) is 0 Å². The van der Waals surface area contributed by atoms with Crippen molar-refractivity contribution < 1.29 is 0 Å². The molecule has 7 heteroatoms. The number of nitrogens with one attached hydrogen (secondary N) is 2. The van der Waals surface area contributed by atoms with Crippen LogP contribution in [0.1, 0.15) is 60.6 Å². The molecule has 0 aliphatic heterocycles. The van der Waals surface area contributed by atoms with Crippen LogP contribution < -0.4 is 11.1 Å². The van der Waals surface area contributed by atoms with Gasteiger partial charge in [-0.25, -0.2) is 10.1 Å². The smallest absolute Gasteiger partial charge is 0.178 e. The molecule has 5 rings (SSSR count). The lowest BCUT2D eigenvalue weighted by molar-refractivity contribution is 0.340. The van der Waals surface area contributed by atoms with E-state index in [2.05, 4.69) is 67.1 Å². The predicted octanol–water partition coefficient (Wildman–Crippen LogP) is 4.17. The van der Waals surface area contributed by atoms with Crippen molar-refractivity contribution in [1.82, 2.24) is 30.7 Å². The van der Waals surface area contributed by atoms with Crippen molar-refractivity contribution in [2.24, 2.45) is 0 Å². The van der Waals surface area contributed by atoms with E-state index < -0.39 is 0 Å². The third-order valence-corrected chi connectivity index (χ3v) is 6.70. The van der Waals surface area contributed by atoms with Gasteiger partial charge in [0.1, 0.15) is 11.3 Å². The van der Waals surface area contributed by atoms with E-state index in [-0.39, 0.29) is 5.92 Å². The molecular formula is C25H29N7. The van der Waals surface area contributed by atoms with Crippen LogP contribution in [-0.2, 0) is 0 Å². The second kappa shape index (κ2) is 9.44. The van der Waals surface area contributed by atoms with Gasteiger partial charge in [0.25, 0.3) is 0 Å². The Bertz CT molecular complexity index is 1130. The summed E-state index contributed by atoms with van der Waals surface area (Å²) in [6, 6.07) is 17.4. The number of fused-ring (bicyclic) bond motifs is 1. The highest BCUT2D eigenvalue weighted by Gasteiger charge is 2.24. The average molecular weight is 428 g/mol. The summed E-state index contributed by atoms with van der Waals surface area (Å²) in [5.74, 6) is 1.32. The Labute approximate surface area is 187 Å². The Balaban J connectivity index is 1.26. The Kier molecular flexibility index (Phi) is 6.07. The molecule has 1 aromatic carbocycles. The molecule has 0 spiro atoms.